The van der Waals surface area contributed by atoms with Gasteiger partial charge in [0.25, 0.3) is 0 Å². The Labute approximate surface area is 122 Å². The summed E-state index contributed by atoms with van der Waals surface area (Å²) in [7, 11) is 0. The summed E-state index contributed by atoms with van der Waals surface area (Å²) in [4.78, 5) is 29.1. The average Bonchev–Trinajstić information content (AvgIpc) is 3.11. The first kappa shape index (κ1) is 13.9. The lowest BCUT2D eigenvalue weighted by Crippen LogP contribution is -2.41. The van der Waals surface area contributed by atoms with E-state index in [2.05, 4.69) is 0 Å². The molecule has 2 saturated heterocycles. The van der Waals surface area contributed by atoms with Gasteiger partial charge in [-0.05, 0) is 25.0 Å². The predicted molar refractivity (Wildman–Crippen MR) is 76.5 cm³/mol. The third-order valence-corrected chi connectivity index (χ3v) is 4.02. The van der Waals surface area contributed by atoms with Gasteiger partial charge in [0.1, 0.15) is 12.4 Å². The number of rotatable bonds is 3. The monoisotopic (exact) mass is 291 g/mol. The lowest BCUT2D eigenvalue weighted by Gasteiger charge is -2.21. The molecule has 0 unspecified atom stereocenters. The molecule has 0 aromatic heterocycles. The summed E-state index contributed by atoms with van der Waals surface area (Å²) in [5.41, 5.74) is 0.277. The van der Waals surface area contributed by atoms with Gasteiger partial charge in [-0.3, -0.25) is 9.69 Å². The maximum Gasteiger partial charge on any atom is 0.325 e. The molecule has 3 amide bonds. The number of likely N-dealkylation sites (tertiary alicyclic amines) is 1. The molecule has 5 nitrogen and oxygen atoms in total. The minimum absolute atomic E-state index is 0.0174. The molecule has 2 aliphatic heterocycles. The number of carbonyl (C=O) groups is 2. The van der Waals surface area contributed by atoms with Crippen molar-refractivity contribution in [3.8, 4) is 0 Å². The Hall–Kier alpha value is -2.11. The fourth-order valence-electron chi connectivity index (χ4n) is 2.85. The number of anilines is 1. The summed E-state index contributed by atoms with van der Waals surface area (Å²) >= 11 is 0. The molecule has 0 radical (unpaired) electrons. The van der Waals surface area contributed by atoms with E-state index in [9.17, 15) is 14.0 Å². The molecule has 1 aromatic carbocycles. The van der Waals surface area contributed by atoms with Crippen LogP contribution in [0.3, 0.4) is 0 Å². The predicted octanol–water partition coefficient (Wildman–Crippen LogP) is 1.69. The van der Waals surface area contributed by atoms with Crippen LogP contribution in [0.15, 0.2) is 24.3 Å². The highest BCUT2D eigenvalue weighted by atomic mass is 19.1. The second-order valence-electron chi connectivity index (χ2n) is 5.40. The maximum atomic E-state index is 13.8. The zero-order valence-electron chi connectivity index (χ0n) is 11.8. The van der Waals surface area contributed by atoms with E-state index in [1.807, 2.05) is 0 Å². The minimum Gasteiger partial charge on any atom is -0.341 e. The summed E-state index contributed by atoms with van der Waals surface area (Å²) in [5.74, 6) is -0.435. The van der Waals surface area contributed by atoms with E-state index in [0.717, 1.165) is 25.9 Å². The molecule has 0 aliphatic carbocycles. The van der Waals surface area contributed by atoms with Crippen molar-refractivity contribution in [2.45, 2.75) is 12.8 Å². The van der Waals surface area contributed by atoms with Crippen molar-refractivity contribution >= 4 is 17.6 Å². The normalized spacial score (nSPS) is 18.7. The largest absolute Gasteiger partial charge is 0.341 e. The van der Waals surface area contributed by atoms with Gasteiger partial charge in [-0.1, -0.05) is 12.1 Å². The third-order valence-electron chi connectivity index (χ3n) is 4.02. The van der Waals surface area contributed by atoms with Gasteiger partial charge in [0.05, 0.1) is 5.69 Å². The number of benzene rings is 1. The molecule has 2 aliphatic rings. The van der Waals surface area contributed by atoms with Gasteiger partial charge in [-0.15, -0.1) is 0 Å². The van der Waals surface area contributed by atoms with Crippen LogP contribution in [0.2, 0.25) is 0 Å². The van der Waals surface area contributed by atoms with E-state index < -0.39 is 5.82 Å². The van der Waals surface area contributed by atoms with Crippen molar-refractivity contribution in [1.82, 2.24) is 9.80 Å². The summed E-state index contributed by atoms with van der Waals surface area (Å²) < 4.78 is 13.8. The molecule has 1 aromatic rings. The number of urea groups is 1. The second-order valence-corrected chi connectivity index (χ2v) is 5.40. The molecular weight excluding hydrogens is 273 g/mol. The highest BCUT2D eigenvalue weighted by Crippen LogP contribution is 2.23. The molecule has 21 heavy (non-hydrogen) atoms. The molecule has 6 heteroatoms. The summed E-state index contributed by atoms with van der Waals surface area (Å²) in [6, 6.07) is 5.91. The van der Waals surface area contributed by atoms with Crippen molar-refractivity contribution in [2.75, 3.05) is 37.6 Å². The van der Waals surface area contributed by atoms with Crippen molar-refractivity contribution in [3.63, 3.8) is 0 Å². The molecule has 2 fully saturated rings. The van der Waals surface area contributed by atoms with Crippen molar-refractivity contribution in [2.24, 2.45) is 0 Å². The topological polar surface area (TPSA) is 43.9 Å². The first-order valence-corrected chi connectivity index (χ1v) is 7.25. The van der Waals surface area contributed by atoms with Crippen LogP contribution in [-0.4, -0.2) is 54.5 Å². The fourth-order valence-corrected chi connectivity index (χ4v) is 2.85. The molecule has 0 N–H and O–H groups in total. The third kappa shape index (κ3) is 2.70. The van der Waals surface area contributed by atoms with Crippen LogP contribution in [0, 0.1) is 5.82 Å². The van der Waals surface area contributed by atoms with Gasteiger partial charge in [-0.25, -0.2) is 9.18 Å². The Kier molecular flexibility index (Phi) is 3.77. The summed E-state index contributed by atoms with van der Waals surface area (Å²) in [5, 5.41) is 0. The first-order chi connectivity index (χ1) is 10.2. The number of carbonyl (C=O) groups excluding carboxylic acids is 2. The molecular formula is C15H18FN3O2. The maximum absolute atomic E-state index is 13.8. The summed E-state index contributed by atoms with van der Waals surface area (Å²) in [6.45, 7) is 2.50. The Morgan fingerprint density at radius 2 is 1.81 bits per heavy atom. The van der Waals surface area contributed by atoms with E-state index in [1.165, 1.54) is 15.9 Å². The fraction of sp³-hybridized carbons (Fsp3) is 0.467. The molecule has 0 atom stereocenters. The quantitative estimate of drug-likeness (QED) is 0.850. The van der Waals surface area contributed by atoms with Crippen LogP contribution >= 0.6 is 0 Å². The number of amides is 3. The lowest BCUT2D eigenvalue weighted by molar-refractivity contribution is -0.130. The van der Waals surface area contributed by atoms with E-state index in [-0.39, 0.29) is 24.2 Å². The Balaban J connectivity index is 1.66. The van der Waals surface area contributed by atoms with Crippen LogP contribution in [0.25, 0.3) is 0 Å². The van der Waals surface area contributed by atoms with Crippen LogP contribution < -0.4 is 4.90 Å². The molecule has 0 bridgehead atoms. The molecule has 112 valence electrons. The zero-order valence-corrected chi connectivity index (χ0v) is 11.8. The van der Waals surface area contributed by atoms with E-state index in [0.29, 0.717) is 13.1 Å². The number of halogens is 1. The molecule has 2 heterocycles. The minimum atomic E-state index is -0.418. The average molecular weight is 291 g/mol. The van der Waals surface area contributed by atoms with Crippen LogP contribution in [0.5, 0.6) is 0 Å². The highest BCUT2D eigenvalue weighted by molar-refractivity contribution is 5.96. The first-order valence-electron chi connectivity index (χ1n) is 7.25. The van der Waals surface area contributed by atoms with Crippen LogP contribution in [0.4, 0.5) is 14.9 Å². The lowest BCUT2D eigenvalue weighted by atomic mass is 10.3. The Morgan fingerprint density at radius 1 is 1.10 bits per heavy atom. The van der Waals surface area contributed by atoms with Gasteiger partial charge >= 0.3 is 6.03 Å². The Morgan fingerprint density at radius 3 is 2.52 bits per heavy atom. The molecule has 0 saturated carbocycles. The van der Waals surface area contributed by atoms with Gasteiger partial charge in [0.2, 0.25) is 5.91 Å². The number of para-hydroxylation sites is 1. The van der Waals surface area contributed by atoms with Crippen LogP contribution in [-0.2, 0) is 4.79 Å². The SMILES string of the molecule is O=C(CN1CCN(c2ccccc2F)C1=O)N1CCCC1. The summed E-state index contributed by atoms with van der Waals surface area (Å²) in [6.07, 6.45) is 2.06. The van der Waals surface area contributed by atoms with Gasteiger partial charge in [0, 0.05) is 26.2 Å². The van der Waals surface area contributed by atoms with Gasteiger partial charge in [0.15, 0.2) is 0 Å². The van der Waals surface area contributed by atoms with E-state index >= 15 is 0 Å². The van der Waals surface area contributed by atoms with Gasteiger partial charge in [-0.2, -0.15) is 0 Å². The number of hydrogen-bond donors (Lipinski definition) is 0. The number of nitrogens with zero attached hydrogens (tertiary/aromatic N) is 3. The molecule has 0 spiro atoms. The zero-order chi connectivity index (χ0) is 14.8. The van der Waals surface area contributed by atoms with Gasteiger partial charge < -0.3 is 9.80 Å². The Bertz CT molecular complexity index is 558. The van der Waals surface area contributed by atoms with E-state index in [1.54, 1.807) is 23.1 Å². The highest BCUT2D eigenvalue weighted by Gasteiger charge is 2.33. The van der Waals surface area contributed by atoms with E-state index in [4.69, 9.17) is 0 Å². The number of hydrogen-bond acceptors (Lipinski definition) is 2. The smallest absolute Gasteiger partial charge is 0.325 e. The van der Waals surface area contributed by atoms with Crippen LogP contribution in [0.1, 0.15) is 12.8 Å². The molecule has 3 rings (SSSR count). The van der Waals surface area contributed by atoms with Crippen molar-refractivity contribution in [1.29, 1.82) is 0 Å². The standard InChI is InChI=1S/C15H18FN3O2/c16-12-5-1-2-6-13(12)19-10-9-18(15(19)21)11-14(20)17-7-3-4-8-17/h1-2,5-6H,3-4,7-11H2. The van der Waals surface area contributed by atoms with Crippen molar-refractivity contribution in [3.05, 3.63) is 30.1 Å². The van der Waals surface area contributed by atoms with Crippen molar-refractivity contribution < 1.29 is 14.0 Å². The second kappa shape index (κ2) is 5.71.